The lowest BCUT2D eigenvalue weighted by Gasteiger charge is -2.11. The standard InChI is InChI=1S/C28H28N4O2/c1-3-18(2)17-34-22-10-8-20(9-11-22)19-4-6-21(7-5-19)27-29-14-13-25(32-27)26-16-23-24(31-26)12-15-30-28(23)33/h4-11,13-14,16,18,31H,3,12,15,17H2,1-2H3,(H,30,33)/t18-/m0/s1. The van der Waals surface area contributed by atoms with Crippen molar-refractivity contribution in [2.24, 2.45) is 5.92 Å². The summed E-state index contributed by atoms with van der Waals surface area (Å²) in [7, 11) is 0. The number of nitrogens with zero attached hydrogens (tertiary/aromatic N) is 2. The number of H-pyrrole nitrogens is 1. The fraction of sp³-hybridized carbons (Fsp3) is 0.250. The second-order valence-electron chi connectivity index (χ2n) is 8.77. The molecule has 5 rings (SSSR count). The topological polar surface area (TPSA) is 79.9 Å². The third-order valence-electron chi connectivity index (χ3n) is 6.30. The molecule has 3 heterocycles. The Kier molecular flexibility index (Phi) is 6.12. The van der Waals surface area contributed by atoms with Crippen LogP contribution in [0.4, 0.5) is 0 Å². The average Bonchev–Trinajstić information content (AvgIpc) is 3.34. The van der Waals surface area contributed by atoms with Crippen molar-refractivity contribution < 1.29 is 9.53 Å². The Morgan fingerprint density at radius 2 is 1.71 bits per heavy atom. The molecular formula is C28H28N4O2. The number of rotatable bonds is 7. The van der Waals surface area contributed by atoms with Crippen molar-refractivity contribution in [3.8, 4) is 39.7 Å². The highest BCUT2D eigenvalue weighted by Crippen LogP contribution is 2.27. The van der Waals surface area contributed by atoms with E-state index in [9.17, 15) is 4.79 Å². The number of benzene rings is 2. The van der Waals surface area contributed by atoms with Crippen molar-refractivity contribution in [2.45, 2.75) is 26.7 Å². The van der Waals surface area contributed by atoms with Crippen LogP contribution < -0.4 is 10.1 Å². The number of hydrogen-bond acceptors (Lipinski definition) is 4. The summed E-state index contributed by atoms with van der Waals surface area (Å²) < 4.78 is 5.87. The van der Waals surface area contributed by atoms with Gasteiger partial charge in [0.05, 0.1) is 23.6 Å². The molecule has 0 bridgehead atoms. The second-order valence-corrected chi connectivity index (χ2v) is 8.77. The first-order valence-corrected chi connectivity index (χ1v) is 11.8. The van der Waals surface area contributed by atoms with E-state index in [1.54, 1.807) is 6.20 Å². The summed E-state index contributed by atoms with van der Waals surface area (Å²) in [6, 6.07) is 20.2. The summed E-state index contributed by atoms with van der Waals surface area (Å²) in [6.45, 7) is 5.76. The van der Waals surface area contributed by atoms with E-state index in [1.807, 2.05) is 36.4 Å². The van der Waals surface area contributed by atoms with E-state index in [0.29, 0.717) is 23.9 Å². The van der Waals surface area contributed by atoms with Crippen molar-refractivity contribution >= 4 is 5.91 Å². The minimum atomic E-state index is -0.0382. The third kappa shape index (κ3) is 4.57. The first kappa shape index (κ1) is 21.9. The summed E-state index contributed by atoms with van der Waals surface area (Å²) in [5, 5.41) is 2.88. The molecular weight excluding hydrogens is 424 g/mol. The van der Waals surface area contributed by atoms with Gasteiger partial charge in [0.15, 0.2) is 5.82 Å². The molecule has 1 amide bonds. The Bertz CT molecular complexity index is 1290. The molecule has 2 aromatic carbocycles. The van der Waals surface area contributed by atoms with Crippen LogP contribution in [0.2, 0.25) is 0 Å². The van der Waals surface area contributed by atoms with Crippen LogP contribution in [0.15, 0.2) is 66.9 Å². The molecule has 172 valence electrons. The molecule has 6 heteroatoms. The Balaban J connectivity index is 1.33. The number of hydrogen-bond donors (Lipinski definition) is 2. The van der Waals surface area contributed by atoms with Gasteiger partial charge in [-0.05, 0) is 41.3 Å². The minimum absolute atomic E-state index is 0.0382. The van der Waals surface area contributed by atoms with Gasteiger partial charge in [-0.2, -0.15) is 0 Å². The van der Waals surface area contributed by atoms with Crippen molar-refractivity contribution in [3.63, 3.8) is 0 Å². The van der Waals surface area contributed by atoms with Crippen LogP contribution in [0.5, 0.6) is 5.75 Å². The molecule has 4 aromatic rings. The van der Waals surface area contributed by atoms with Crippen LogP contribution in [-0.4, -0.2) is 34.0 Å². The first-order valence-electron chi connectivity index (χ1n) is 11.8. The Morgan fingerprint density at radius 1 is 1.00 bits per heavy atom. The van der Waals surface area contributed by atoms with Gasteiger partial charge in [0.25, 0.3) is 5.91 Å². The number of carbonyl (C=O) groups excluding carboxylic acids is 1. The molecule has 0 aliphatic carbocycles. The van der Waals surface area contributed by atoms with Crippen molar-refractivity contribution in [1.29, 1.82) is 0 Å². The number of ether oxygens (including phenoxy) is 1. The van der Waals surface area contributed by atoms with Gasteiger partial charge in [-0.15, -0.1) is 0 Å². The largest absolute Gasteiger partial charge is 0.493 e. The molecule has 2 N–H and O–H groups in total. The molecule has 1 aliphatic rings. The molecule has 0 radical (unpaired) electrons. The van der Waals surface area contributed by atoms with Gasteiger partial charge in [-0.3, -0.25) is 4.79 Å². The number of fused-ring (bicyclic) bond motifs is 1. The van der Waals surface area contributed by atoms with E-state index in [0.717, 1.165) is 59.0 Å². The predicted octanol–water partition coefficient (Wildman–Crippen LogP) is 5.52. The highest BCUT2D eigenvalue weighted by atomic mass is 16.5. The molecule has 0 fully saturated rings. The summed E-state index contributed by atoms with van der Waals surface area (Å²) in [5.41, 5.74) is 6.45. The van der Waals surface area contributed by atoms with E-state index in [1.165, 1.54) is 0 Å². The highest BCUT2D eigenvalue weighted by Gasteiger charge is 2.20. The van der Waals surface area contributed by atoms with Gasteiger partial charge in [0.2, 0.25) is 0 Å². The molecule has 0 saturated heterocycles. The first-order chi connectivity index (χ1) is 16.6. The highest BCUT2D eigenvalue weighted by molar-refractivity contribution is 5.97. The smallest absolute Gasteiger partial charge is 0.253 e. The zero-order chi connectivity index (χ0) is 23.5. The third-order valence-corrected chi connectivity index (χ3v) is 6.30. The van der Waals surface area contributed by atoms with Crippen LogP contribution in [0.3, 0.4) is 0 Å². The van der Waals surface area contributed by atoms with E-state index in [2.05, 4.69) is 53.4 Å². The normalized spacial score (nSPS) is 13.8. The number of aromatic nitrogens is 3. The van der Waals surface area contributed by atoms with E-state index in [-0.39, 0.29) is 5.91 Å². The van der Waals surface area contributed by atoms with Crippen LogP contribution in [-0.2, 0) is 6.42 Å². The van der Waals surface area contributed by atoms with Crippen molar-refractivity contribution in [2.75, 3.05) is 13.2 Å². The lowest BCUT2D eigenvalue weighted by molar-refractivity contribution is 0.0946. The summed E-state index contributed by atoms with van der Waals surface area (Å²) >= 11 is 0. The van der Waals surface area contributed by atoms with Crippen LogP contribution in [0.25, 0.3) is 33.9 Å². The number of aromatic amines is 1. The maximum atomic E-state index is 12.1. The van der Waals surface area contributed by atoms with Crippen LogP contribution in [0.1, 0.15) is 36.3 Å². The van der Waals surface area contributed by atoms with Crippen molar-refractivity contribution in [1.82, 2.24) is 20.3 Å². The summed E-state index contributed by atoms with van der Waals surface area (Å²) in [6.07, 6.45) is 3.66. The fourth-order valence-corrected chi connectivity index (χ4v) is 3.99. The molecule has 0 unspecified atom stereocenters. The van der Waals surface area contributed by atoms with E-state index >= 15 is 0 Å². The van der Waals surface area contributed by atoms with Gasteiger partial charge >= 0.3 is 0 Å². The molecule has 1 aliphatic heterocycles. The molecule has 6 nitrogen and oxygen atoms in total. The molecule has 1 atom stereocenters. The van der Waals surface area contributed by atoms with Gasteiger partial charge in [0, 0.05) is 30.4 Å². The molecule has 2 aromatic heterocycles. The second kappa shape index (κ2) is 9.51. The quantitative estimate of drug-likeness (QED) is 0.387. The Morgan fingerprint density at radius 3 is 2.41 bits per heavy atom. The van der Waals surface area contributed by atoms with Gasteiger partial charge < -0.3 is 15.0 Å². The zero-order valence-corrected chi connectivity index (χ0v) is 19.5. The molecule has 0 saturated carbocycles. The summed E-state index contributed by atoms with van der Waals surface area (Å²) in [4.78, 5) is 24.7. The van der Waals surface area contributed by atoms with Crippen LogP contribution in [0, 0.1) is 5.92 Å². The van der Waals surface area contributed by atoms with E-state index < -0.39 is 0 Å². The lowest BCUT2D eigenvalue weighted by Crippen LogP contribution is -2.31. The average molecular weight is 453 g/mol. The fourth-order valence-electron chi connectivity index (χ4n) is 3.99. The minimum Gasteiger partial charge on any atom is -0.493 e. The number of amides is 1. The predicted molar refractivity (Wildman–Crippen MR) is 134 cm³/mol. The van der Waals surface area contributed by atoms with Crippen LogP contribution >= 0.6 is 0 Å². The number of carbonyl (C=O) groups is 1. The monoisotopic (exact) mass is 452 g/mol. The lowest BCUT2D eigenvalue weighted by atomic mass is 10.0. The Hall–Kier alpha value is -3.93. The van der Waals surface area contributed by atoms with Gasteiger partial charge in [-0.1, -0.05) is 56.7 Å². The van der Waals surface area contributed by atoms with Crippen molar-refractivity contribution in [3.05, 3.63) is 78.1 Å². The SMILES string of the molecule is CC[C@H](C)COc1ccc(-c2ccc(-c3nccc(-c4cc5c([nH]4)CCNC5=O)n3)cc2)cc1. The Labute approximate surface area is 199 Å². The maximum absolute atomic E-state index is 12.1. The molecule has 34 heavy (non-hydrogen) atoms. The van der Waals surface area contributed by atoms with Gasteiger partial charge in [0.1, 0.15) is 5.75 Å². The molecule has 0 spiro atoms. The van der Waals surface area contributed by atoms with Gasteiger partial charge in [-0.25, -0.2) is 9.97 Å². The maximum Gasteiger partial charge on any atom is 0.253 e. The summed E-state index contributed by atoms with van der Waals surface area (Å²) in [5.74, 6) is 2.06. The van der Waals surface area contributed by atoms with E-state index in [4.69, 9.17) is 9.72 Å². The zero-order valence-electron chi connectivity index (χ0n) is 19.5. The number of nitrogens with one attached hydrogen (secondary N) is 2.